The van der Waals surface area contributed by atoms with Gasteiger partial charge in [-0.05, 0) is 36.6 Å². The summed E-state index contributed by atoms with van der Waals surface area (Å²) in [6.45, 7) is 2.23. The van der Waals surface area contributed by atoms with E-state index < -0.39 is 0 Å². The molecule has 1 aliphatic heterocycles. The van der Waals surface area contributed by atoms with Gasteiger partial charge in [0.25, 0.3) is 0 Å². The highest BCUT2D eigenvalue weighted by Gasteiger charge is 2.25. The Morgan fingerprint density at radius 3 is 2.68 bits per heavy atom. The highest BCUT2D eigenvalue weighted by Crippen LogP contribution is 2.23. The summed E-state index contributed by atoms with van der Waals surface area (Å²) in [6.07, 6.45) is 1.37. The van der Waals surface area contributed by atoms with E-state index >= 15 is 0 Å². The van der Waals surface area contributed by atoms with Gasteiger partial charge in [0.1, 0.15) is 0 Å². The van der Waals surface area contributed by atoms with E-state index in [-0.39, 0.29) is 18.3 Å². The lowest BCUT2D eigenvalue weighted by Gasteiger charge is -2.16. The predicted octanol–water partition coefficient (Wildman–Crippen LogP) is 2.76. The lowest BCUT2D eigenvalue weighted by Crippen LogP contribution is -2.31. The Morgan fingerprint density at radius 1 is 1.37 bits per heavy atom. The smallest absolute Gasteiger partial charge is 0.227 e. The van der Waals surface area contributed by atoms with E-state index in [1.165, 1.54) is 0 Å². The van der Waals surface area contributed by atoms with Crippen LogP contribution in [0.3, 0.4) is 0 Å². The number of nitrogens with two attached hydrogens (primary N) is 1. The lowest BCUT2D eigenvalue weighted by atomic mass is 10.1. The second-order valence-corrected chi connectivity index (χ2v) is 5.47. The van der Waals surface area contributed by atoms with Crippen molar-refractivity contribution in [1.29, 1.82) is 0 Å². The number of rotatable bonds is 3. The number of hydrogen-bond acceptors (Lipinski definition) is 2. The van der Waals surface area contributed by atoms with E-state index in [1.54, 1.807) is 12.1 Å². The van der Waals surface area contributed by atoms with Crippen LogP contribution in [-0.4, -0.2) is 30.4 Å². The van der Waals surface area contributed by atoms with Gasteiger partial charge in [0.2, 0.25) is 5.91 Å². The third-order valence-corrected chi connectivity index (χ3v) is 4.05. The molecular formula is C13H17Cl3N2O. The molecule has 1 saturated heterocycles. The van der Waals surface area contributed by atoms with Crippen LogP contribution in [0.2, 0.25) is 10.0 Å². The van der Waals surface area contributed by atoms with Crippen molar-refractivity contribution in [3.8, 4) is 0 Å². The summed E-state index contributed by atoms with van der Waals surface area (Å²) in [6, 6.07) is 5.31. The Kier molecular flexibility index (Phi) is 6.40. The van der Waals surface area contributed by atoms with Crippen LogP contribution in [0.4, 0.5) is 0 Å². The summed E-state index contributed by atoms with van der Waals surface area (Å²) < 4.78 is 0. The molecule has 3 nitrogen and oxygen atoms in total. The molecule has 1 fully saturated rings. The maximum atomic E-state index is 12.1. The first-order valence-electron chi connectivity index (χ1n) is 6.02. The van der Waals surface area contributed by atoms with E-state index in [1.807, 2.05) is 11.0 Å². The van der Waals surface area contributed by atoms with Crippen molar-refractivity contribution in [3.05, 3.63) is 33.8 Å². The fraction of sp³-hybridized carbons (Fsp3) is 0.462. The van der Waals surface area contributed by atoms with Crippen molar-refractivity contribution in [2.24, 2.45) is 11.7 Å². The van der Waals surface area contributed by atoms with Crippen LogP contribution in [0.1, 0.15) is 12.0 Å². The first-order valence-corrected chi connectivity index (χ1v) is 6.77. The summed E-state index contributed by atoms with van der Waals surface area (Å²) in [7, 11) is 0. The van der Waals surface area contributed by atoms with E-state index in [4.69, 9.17) is 28.9 Å². The average Bonchev–Trinajstić information content (AvgIpc) is 2.82. The molecule has 1 aromatic carbocycles. The molecule has 106 valence electrons. The zero-order chi connectivity index (χ0) is 13.1. The second-order valence-electron chi connectivity index (χ2n) is 4.66. The summed E-state index contributed by atoms with van der Waals surface area (Å²) >= 11 is 11.8. The summed E-state index contributed by atoms with van der Waals surface area (Å²) in [5, 5.41) is 1.00. The summed E-state index contributed by atoms with van der Waals surface area (Å²) in [5.74, 6) is 0.576. The third kappa shape index (κ3) is 4.25. The fourth-order valence-corrected chi connectivity index (χ4v) is 2.51. The van der Waals surface area contributed by atoms with Gasteiger partial charge in [0.05, 0.1) is 16.5 Å². The normalized spacial score (nSPS) is 18.3. The van der Waals surface area contributed by atoms with Gasteiger partial charge in [-0.15, -0.1) is 12.4 Å². The molecule has 1 unspecified atom stereocenters. The number of hydrogen-bond donors (Lipinski definition) is 1. The van der Waals surface area contributed by atoms with Gasteiger partial charge < -0.3 is 10.6 Å². The predicted molar refractivity (Wildman–Crippen MR) is 81.2 cm³/mol. The van der Waals surface area contributed by atoms with Gasteiger partial charge >= 0.3 is 0 Å². The van der Waals surface area contributed by atoms with Crippen LogP contribution in [0.25, 0.3) is 0 Å². The third-order valence-electron chi connectivity index (χ3n) is 3.31. The number of carbonyl (C=O) groups excluding carboxylic acids is 1. The van der Waals surface area contributed by atoms with Crippen molar-refractivity contribution >= 4 is 41.5 Å². The number of halogens is 3. The monoisotopic (exact) mass is 322 g/mol. The van der Waals surface area contributed by atoms with Crippen LogP contribution in [0, 0.1) is 5.92 Å². The van der Waals surface area contributed by atoms with Crippen molar-refractivity contribution in [3.63, 3.8) is 0 Å². The molecule has 1 aliphatic rings. The minimum absolute atomic E-state index is 0. The van der Waals surface area contributed by atoms with Gasteiger partial charge in [-0.2, -0.15) is 0 Å². The molecule has 1 amide bonds. The van der Waals surface area contributed by atoms with E-state index in [0.29, 0.717) is 28.9 Å². The molecule has 0 saturated carbocycles. The first-order chi connectivity index (χ1) is 8.60. The van der Waals surface area contributed by atoms with Crippen LogP contribution in [0.15, 0.2) is 18.2 Å². The molecule has 0 aliphatic carbocycles. The topological polar surface area (TPSA) is 46.3 Å². The Balaban J connectivity index is 0.00000180. The highest BCUT2D eigenvalue weighted by molar-refractivity contribution is 6.42. The van der Waals surface area contributed by atoms with Crippen LogP contribution >= 0.6 is 35.6 Å². The zero-order valence-electron chi connectivity index (χ0n) is 10.4. The van der Waals surface area contributed by atoms with Crippen molar-refractivity contribution in [2.75, 3.05) is 19.6 Å². The molecule has 2 N–H and O–H groups in total. The number of carbonyl (C=O) groups is 1. The minimum Gasteiger partial charge on any atom is -0.342 e. The summed E-state index contributed by atoms with van der Waals surface area (Å²) in [5.41, 5.74) is 6.51. The number of benzene rings is 1. The lowest BCUT2D eigenvalue weighted by molar-refractivity contribution is -0.129. The largest absolute Gasteiger partial charge is 0.342 e. The second kappa shape index (κ2) is 7.34. The maximum absolute atomic E-state index is 12.1. The maximum Gasteiger partial charge on any atom is 0.227 e. The van der Waals surface area contributed by atoms with E-state index in [9.17, 15) is 4.79 Å². The van der Waals surface area contributed by atoms with Crippen molar-refractivity contribution in [2.45, 2.75) is 12.8 Å². The van der Waals surface area contributed by atoms with Gasteiger partial charge in [0, 0.05) is 13.1 Å². The molecule has 1 aromatic rings. The Labute approximate surface area is 129 Å². The van der Waals surface area contributed by atoms with Crippen LogP contribution < -0.4 is 5.73 Å². The molecule has 0 aromatic heterocycles. The molecule has 19 heavy (non-hydrogen) atoms. The number of nitrogens with zero attached hydrogens (tertiary/aromatic N) is 1. The molecular weight excluding hydrogens is 307 g/mol. The molecule has 0 bridgehead atoms. The summed E-state index contributed by atoms with van der Waals surface area (Å²) in [4.78, 5) is 14.0. The molecule has 6 heteroatoms. The molecule has 1 atom stereocenters. The Hall–Kier alpha value is -0.480. The highest BCUT2D eigenvalue weighted by atomic mass is 35.5. The van der Waals surface area contributed by atoms with Crippen LogP contribution in [0.5, 0.6) is 0 Å². The number of amides is 1. The molecule has 0 radical (unpaired) electrons. The van der Waals surface area contributed by atoms with Crippen molar-refractivity contribution < 1.29 is 4.79 Å². The SMILES string of the molecule is Cl.NCC1CCN(C(=O)Cc2ccc(Cl)c(Cl)c2)C1. The van der Waals surface area contributed by atoms with E-state index in [0.717, 1.165) is 25.1 Å². The molecule has 1 heterocycles. The van der Waals surface area contributed by atoms with Crippen LogP contribution in [-0.2, 0) is 11.2 Å². The van der Waals surface area contributed by atoms with Gasteiger partial charge in [-0.3, -0.25) is 4.79 Å². The van der Waals surface area contributed by atoms with Crippen molar-refractivity contribution in [1.82, 2.24) is 4.90 Å². The Morgan fingerprint density at radius 2 is 2.11 bits per heavy atom. The van der Waals surface area contributed by atoms with Gasteiger partial charge in [-0.25, -0.2) is 0 Å². The zero-order valence-corrected chi connectivity index (χ0v) is 12.8. The standard InChI is InChI=1S/C13H16Cl2N2O.ClH/c14-11-2-1-9(5-12(11)15)6-13(18)17-4-3-10(7-16)8-17;/h1-2,5,10H,3-4,6-8,16H2;1H. The Bertz CT molecular complexity index is 454. The van der Waals surface area contributed by atoms with Gasteiger partial charge in [0.15, 0.2) is 0 Å². The fourth-order valence-electron chi connectivity index (χ4n) is 2.19. The quantitative estimate of drug-likeness (QED) is 0.929. The minimum atomic E-state index is 0. The van der Waals surface area contributed by atoms with E-state index in [2.05, 4.69) is 0 Å². The molecule has 0 spiro atoms. The number of likely N-dealkylation sites (tertiary alicyclic amines) is 1. The molecule has 2 rings (SSSR count). The first kappa shape index (κ1) is 16.6. The van der Waals surface area contributed by atoms with Gasteiger partial charge in [-0.1, -0.05) is 29.3 Å². The average molecular weight is 324 g/mol.